The number of aromatic nitrogens is 1. The van der Waals surface area contributed by atoms with Crippen LogP contribution in [0.4, 0.5) is 4.79 Å². The second kappa shape index (κ2) is 17.3. The molecular weight excluding hydrogens is 793 g/mol. The van der Waals surface area contributed by atoms with Gasteiger partial charge in [0.1, 0.15) is 41.3 Å². The van der Waals surface area contributed by atoms with E-state index in [2.05, 4.69) is 28.5 Å². The molecule has 0 unspecified atom stereocenters. The lowest BCUT2D eigenvalue weighted by Crippen LogP contribution is -2.59. The summed E-state index contributed by atoms with van der Waals surface area (Å²) < 4.78 is 45.6. The molecular formula is C43H50N6O10S. The van der Waals surface area contributed by atoms with Crippen molar-refractivity contribution in [2.75, 3.05) is 27.2 Å². The first-order valence-corrected chi connectivity index (χ1v) is 21.7. The maximum Gasteiger partial charge on any atom is 0.408 e. The number of sulfonamides is 1. The second-order valence-electron chi connectivity index (χ2n) is 15.9. The van der Waals surface area contributed by atoms with Gasteiger partial charge in [0.2, 0.25) is 27.7 Å². The third-order valence-corrected chi connectivity index (χ3v) is 13.4. The van der Waals surface area contributed by atoms with Crippen molar-refractivity contribution in [2.45, 2.75) is 86.4 Å². The second-order valence-corrected chi connectivity index (χ2v) is 17.8. The van der Waals surface area contributed by atoms with Crippen LogP contribution in [0.5, 0.6) is 11.5 Å². The first-order valence-electron chi connectivity index (χ1n) is 20.1. The van der Waals surface area contributed by atoms with Crippen molar-refractivity contribution in [3.05, 3.63) is 79.9 Å². The van der Waals surface area contributed by atoms with Crippen LogP contribution in [0.25, 0.3) is 22.2 Å². The van der Waals surface area contributed by atoms with Gasteiger partial charge in [-0.15, -0.1) is 6.58 Å². The standard InChI is InChI=1S/C43H50N6O10S/c1-5-27-23-43(27,41(53)47-60(55,56)31-17-18-31)46-39(51)36-21-30(58-37-22-33(26-12-8-7-9-13-26)44-34-20-29(57-4)16-19-32(34)37)24-49(36)40(52)35(25-48(3)38(50)6-2)45-42(54)59-28-14-10-11-15-28/h5-9,12-13,16,19-20,22,27-28,30-31,35-36H,1-2,10-11,14-15,17-18,21,23-25H2,3-4H3,(H,45,54)(H,46,51)(H,47,53)/t27-,30-,35+,36+,43-/m1/s1. The zero-order valence-electron chi connectivity index (χ0n) is 33.6. The quantitative estimate of drug-likeness (QED) is 0.141. The van der Waals surface area contributed by atoms with Gasteiger partial charge in [-0.1, -0.05) is 43.0 Å². The molecule has 0 bridgehead atoms. The van der Waals surface area contributed by atoms with E-state index in [4.69, 9.17) is 19.2 Å². The molecule has 3 aliphatic carbocycles. The highest BCUT2D eigenvalue weighted by Crippen LogP contribution is 2.45. The Hall–Kier alpha value is -5.97. The first kappa shape index (κ1) is 42.2. The summed E-state index contributed by atoms with van der Waals surface area (Å²) in [6, 6.07) is 14.0. The molecule has 2 aromatic carbocycles. The van der Waals surface area contributed by atoms with Gasteiger partial charge in [0.25, 0.3) is 5.91 Å². The summed E-state index contributed by atoms with van der Waals surface area (Å²) in [5.41, 5.74) is 0.366. The lowest BCUT2D eigenvalue weighted by molar-refractivity contribution is -0.141. The van der Waals surface area contributed by atoms with Gasteiger partial charge in [0.05, 0.1) is 36.7 Å². The number of nitrogens with one attached hydrogen (secondary N) is 3. The van der Waals surface area contributed by atoms with Crippen LogP contribution in [0, 0.1) is 5.92 Å². The Labute approximate surface area is 348 Å². The fourth-order valence-corrected chi connectivity index (χ4v) is 9.33. The highest BCUT2D eigenvalue weighted by Gasteiger charge is 2.62. The number of benzene rings is 2. The molecule has 5 amide bonds. The van der Waals surface area contributed by atoms with E-state index in [1.54, 1.807) is 31.4 Å². The number of pyridine rings is 1. The molecule has 0 spiro atoms. The number of amides is 5. The molecule has 318 valence electrons. The predicted molar refractivity (Wildman–Crippen MR) is 221 cm³/mol. The largest absolute Gasteiger partial charge is 0.497 e. The Morgan fingerprint density at radius 1 is 1.02 bits per heavy atom. The Morgan fingerprint density at radius 3 is 2.40 bits per heavy atom. The van der Waals surface area contributed by atoms with E-state index in [0.29, 0.717) is 53.8 Å². The van der Waals surface area contributed by atoms with Crippen LogP contribution in [0.1, 0.15) is 51.4 Å². The Bertz CT molecular complexity index is 2300. The van der Waals surface area contributed by atoms with Gasteiger partial charge in [0, 0.05) is 42.5 Å². The molecule has 4 aliphatic rings. The zero-order chi connectivity index (χ0) is 42.8. The van der Waals surface area contributed by atoms with E-state index in [1.807, 2.05) is 30.3 Å². The number of methoxy groups -OCH3 is 1. The van der Waals surface area contributed by atoms with Gasteiger partial charge in [-0.05, 0) is 63.2 Å². The van der Waals surface area contributed by atoms with Crippen molar-refractivity contribution >= 4 is 50.6 Å². The predicted octanol–water partition coefficient (Wildman–Crippen LogP) is 3.61. The summed E-state index contributed by atoms with van der Waals surface area (Å²) in [5.74, 6) is -2.44. The normalized spacial score (nSPS) is 22.9. The van der Waals surface area contributed by atoms with Crippen molar-refractivity contribution in [3.63, 3.8) is 0 Å². The molecule has 3 N–H and O–H groups in total. The van der Waals surface area contributed by atoms with Crippen LogP contribution in [-0.2, 0) is 33.9 Å². The molecule has 16 nitrogen and oxygen atoms in total. The van der Waals surface area contributed by atoms with Crippen molar-refractivity contribution < 1.29 is 46.6 Å². The number of nitrogens with zero attached hydrogens (tertiary/aromatic N) is 3. The highest BCUT2D eigenvalue weighted by atomic mass is 32.2. The van der Waals surface area contributed by atoms with Crippen LogP contribution in [0.2, 0.25) is 0 Å². The number of alkyl carbamates (subject to hydrolysis) is 1. The number of hydrogen-bond acceptors (Lipinski definition) is 11. The summed E-state index contributed by atoms with van der Waals surface area (Å²) in [6.45, 7) is 6.87. The smallest absolute Gasteiger partial charge is 0.408 e. The van der Waals surface area contributed by atoms with Crippen LogP contribution in [0.15, 0.2) is 79.9 Å². The van der Waals surface area contributed by atoms with E-state index in [-0.39, 0.29) is 32.0 Å². The van der Waals surface area contributed by atoms with E-state index in [9.17, 15) is 32.4 Å². The van der Waals surface area contributed by atoms with E-state index in [0.717, 1.165) is 24.5 Å². The maximum absolute atomic E-state index is 14.8. The topological polar surface area (TPSA) is 203 Å². The lowest BCUT2D eigenvalue weighted by Gasteiger charge is -2.31. The van der Waals surface area contributed by atoms with Crippen molar-refractivity contribution in [2.24, 2.45) is 5.92 Å². The molecule has 3 aromatic rings. The van der Waals surface area contributed by atoms with Gasteiger partial charge < -0.3 is 34.6 Å². The Kier molecular flexibility index (Phi) is 12.2. The number of carbonyl (C=O) groups excluding carboxylic acids is 5. The molecule has 2 heterocycles. The number of rotatable bonds is 16. The maximum atomic E-state index is 14.8. The van der Waals surface area contributed by atoms with Gasteiger partial charge >= 0.3 is 6.09 Å². The molecule has 4 fully saturated rings. The summed E-state index contributed by atoms with van der Waals surface area (Å²) >= 11 is 0. The number of likely N-dealkylation sites (N-methyl/N-ethyl adjacent to an activating group) is 1. The fraction of sp³-hybridized carbons (Fsp3) is 0.442. The van der Waals surface area contributed by atoms with Crippen molar-refractivity contribution in [1.29, 1.82) is 0 Å². The molecule has 1 aromatic heterocycles. The summed E-state index contributed by atoms with van der Waals surface area (Å²) in [7, 11) is -0.958. The third kappa shape index (κ3) is 9.10. The minimum Gasteiger partial charge on any atom is -0.497 e. The van der Waals surface area contributed by atoms with Crippen molar-refractivity contribution in [1.82, 2.24) is 30.1 Å². The summed E-state index contributed by atoms with van der Waals surface area (Å²) in [6.07, 6.45) is 4.61. The van der Waals surface area contributed by atoms with Gasteiger partial charge in [-0.2, -0.15) is 0 Å². The van der Waals surface area contributed by atoms with E-state index >= 15 is 0 Å². The average molecular weight is 843 g/mol. The summed E-state index contributed by atoms with van der Waals surface area (Å²) in [5, 5.41) is 5.37. The third-order valence-electron chi connectivity index (χ3n) is 11.6. The Balaban J connectivity index is 1.22. The number of ether oxygens (including phenoxy) is 3. The number of likely N-dealkylation sites (tertiary alicyclic amines) is 1. The fourth-order valence-electron chi connectivity index (χ4n) is 7.97. The van der Waals surface area contributed by atoms with Gasteiger partial charge in [0.15, 0.2) is 0 Å². The minimum absolute atomic E-state index is 0.0598. The molecule has 60 heavy (non-hydrogen) atoms. The Morgan fingerprint density at radius 2 is 1.75 bits per heavy atom. The molecule has 1 saturated heterocycles. The molecule has 1 aliphatic heterocycles. The monoisotopic (exact) mass is 842 g/mol. The van der Waals surface area contributed by atoms with E-state index < -0.39 is 74.6 Å². The molecule has 3 saturated carbocycles. The molecule has 17 heteroatoms. The van der Waals surface area contributed by atoms with Crippen LogP contribution in [-0.4, -0.2) is 115 Å². The lowest BCUT2D eigenvalue weighted by atomic mass is 10.1. The first-order chi connectivity index (χ1) is 28.7. The number of carbonyl (C=O) groups is 5. The van der Waals surface area contributed by atoms with Crippen LogP contribution in [0.3, 0.4) is 0 Å². The highest BCUT2D eigenvalue weighted by molar-refractivity contribution is 7.91. The minimum atomic E-state index is -3.96. The SMILES string of the molecule is C=CC(=O)N(C)C[C@H](NC(=O)OC1CCCC1)C(=O)N1C[C@H](Oc2cc(-c3ccccc3)nc3cc(OC)ccc23)C[C@H]1C(=O)N[C@]1(C(=O)NS(=O)(=O)C2CC2)C[C@H]1C=C. The molecule has 0 radical (unpaired) electrons. The van der Waals surface area contributed by atoms with Crippen LogP contribution < -0.4 is 24.8 Å². The number of hydrogen-bond donors (Lipinski definition) is 3. The molecule has 7 rings (SSSR count). The number of fused-ring (bicyclic) bond motifs is 1. The van der Waals surface area contributed by atoms with Gasteiger partial charge in [-0.3, -0.25) is 23.9 Å². The van der Waals surface area contributed by atoms with Crippen LogP contribution >= 0.6 is 0 Å². The van der Waals surface area contributed by atoms with E-state index in [1.165, 1.54) is 22.9 Å². The molecule has 5 atom stereocenters. The zero-order valence-corrected chi connectivity index (χ0v) is 34.4. The average Bonchev–Trinajstić information content (AvgIpc) is 4.13. The van der Waals surface area contributed by atoms with Crippen molar-refractivity contribution in [3.8, 4) is 22.8 Å². The van der Waals surface area contributed by atoms with Gasteiger partial charge in [-0.25, -0.2) is 18.2 Å². The summed E-state index contributed by atoms with van der Waals surface area (Å²) in [4.78, 5) is 76.2.